The predicted octanol–water partition coefficient (Wildman–Crippen LogP) is 0.471. The van der Waals surface area contributed by atoms with E-state index in [2.05, 4.69) is 14.6 Å². The van der Waals surface area contributed by atoms with Gasteiger partial charge in [0.1, 0.15) is 0 Å². The Labute approximate surface area is 96.3 Å². The van der Waals surface area contributed by atoms with Gasteiger partial charge in [-0.25, -0.2) is 14.0 Å². The molecule has 1 fully saturated rings. The third-order valence-corrected chi connectivity index (χ3v) is 2.78. The highest BCUT2D eigenvalue weighted by molar-refractivity contribution is 5.87. The van der Waals surface area contributed by atoms with Crippen LogP contribution in [-0.4, -0.2) is 35.9 Å². The standard InChI is InChI=1S/C10H11FN2O4/c1-16-8(14)7-6(11)5-13(12-7)10(3-4-10)9(15)17-2/h5H,3-4H2,1-2H3. The molecule has 2 rings (SSSR count). The molecular weight excluding hydrogens is 231 g/mol. The van der Waals surface area contributed by atoms with Crippen LogP contribution in [0.4, 0.5) is 4.39 Å². The Balaban J connectivity index is 2.36. The number of halogens is 1. The van der Waals surface area contributed by atoms with Crippen molar-refractivity contribution < 1.29 is 23.5 Å². The lowest BCUT2D eigenvalue weighted by molar-refractivity contribution is -0.146. The molecule has 1 aliphatic rings. The number of carbonyl (C=O) groups excluding carboxylic acids is 2. The van der Waals surface area contributed by atoms with Crippen molar-refractivity contribution in [3.05, 3.63) is 17.7 Å². The van der Waals surface area contributed by atoms with Gasteiger partial charge >= 0.3 is 11.9 Å². The minimum atomic E-state index is -0.956. The first-order valence-electron chi connectivity index (χ1n) is 4.97. The fraction of sp³-hybridized carbons (Fsp3) is 0.500. The zero-order valence-corrected chi connectivity index (χ0v) is 9.40. The molecule has 1 aromatic heterocycles. The van der Waals surface area contributed by atoms with Crippen molar-refractivity contribution in [1.82, 2.24) is 9.78 Å². The fourth-order valence-corrected chi connectivity index (χ4v) is 1.64. The number of carbonyl (C=O) groups is 2. The SMILES string of the molecule is COC(=O)c1nn(C2(C(=O)OC)CC2)cc1F. The van der Waals surface area contributed by atoms with E-state index in [0.29, 0.717) is 12.8 Å². The second-order valence-electron chi connectivity index (χ2n) is 3.78. The lowest BCUT2D eigenvalue weighted by Crippen LogP contribution is -2.29. The van der Waals surface area contributed by atoms with E-state index in [4.69, 9.17) is 0 Å². The zero-order chi connectivity index (χ0) is 12.6. The smallest absolute Gasteiger partial charge is 0.361 e. The fourth-order valence-electron chi connectivity index (χ4n) is 1.64. The lowest BCUT2D eigenvalue weighted by Gasteiger charge is -2.12. The monoisotopic (exact) mass is 242 g/mol. The van der Waals surface area contributed by atoms with Gasteiger partial charge in [0.25, 0.3) is 0 Å². The Morgan fingerprint density at radius 1 is 1.41 bits per heavy atom. The van der Waals surface area contributed by atoms with Gasteiger partial charge in [-0.1, -0.05) is 0 Å². The minimum Gasteiger partial charge on any atom is -0.467 e. The van der Waals surface area contributed by atoms with Gasteiger partial charge in [0.2, 0.25) is 5.69 Å². The van der Waals surface area contributed by atoms with Crippen LogP contribution in [0.15, 0.2) is 6.20 Å². The molecule has 0 N–H and O–H groups in total. The van der Waals surface area contributed by atoms with Gasteiger partial charge in [0, 0.05) is 0 Å². The van der Waals surface area contributed by atoms with Crippen LogP contribution >= 0.6 is 0 Å². The molecule has 92 valence electrons. The normalized spacial score (nSPS) is 16.4. The Morgan fingerprint density at radius 3 is 2.53 bits per heavy atom. The highest BCUT2D eigenvalue weighted by atomic mass is 19.1. The molecule has 0 saturated heterocycles. The quantitative estimate of drug-likeness (QED) is 0.720. The second-order valence-corrected chi connectivity index (χ2v) is 3.78. The van der Waals surface area contributed by atoms with Gasteiger partial charge in [0.15, 0.2) is 11.4 Å². The number of aromatic nitrogens is 2. The zero-order valence-electron chi connectivity index (χ0n) is 9.40. The topological polar surface area (TPSA) is 70.4 Å². The first-order chi connectivity index (χ1) is 8.05. The van der Waals surface area contributed by atoms with Crippen molar-refractivity contribution in [3.63, 3.8) is 0 Å². The second kappa shape index (κ2) is 3.83. The van der Waals surface area contributed by atoms with E-state index in [1.807, 2.05) is 0 Å². The van der Waals surface area contributed by atoms with Gasteiger partial charge in [-0.2, -0.15) is 5.10 Å². The third kappa shape index (κ3) is 1.67. The molecule has 17 heavy (non-hydrogen) atoms. The number of rotatable bonds is 3. The average Bonchev–Trinajstić information content (AvgIpc) is 3.06. The number of esters is 2. The van der Waals surface area contributed by atoms with Crippen LogP contribution in [0.5, 0.6) is 0 Å². The van der Waals surface area contributed by atoms with Crippen molar-refractivity contribution in [2.24, 2.45) is 0 Å². The van der Waals surface area contributed by atoms with Gasteiger partial charge in [-0.3, -0.25) is 4.68 Å². The lowest BCUT2D eigenvalue weighted by atomic mass is 10.3. The molecular formula is C10H11FN2O4. The van der Waals surface area contributed by atoms with Crippen LogP contribution in [0.25, 0.3) is 0 Å². The Hall–Kier alpha value is -1.92. The van der Waals surface area contributed by atoms with Gasteiger partial charge in [-0.15, -0.1) is 0 Å². The Bertz CT molecular complexity index is 479. The average molecular weight is 242 g/mol. The molecule has 0 radical (unpaired) electrons. The number of methoxy groups -OCH3 is 2. The number of hydrogen-bond donors (Lipinski definition) is 0. The molecule has 1 aliphatic carbocycles. The van der Waals surface area contributed by atoms with Crippen molar-refractivity contribution in [2.45, 2.75) is 18.4 Å². The molecule has 1 heterocycles. The van der Waals surface area contributed by atoms with Crippen LogP contribution in [0, 0.1) is 5.82 Å². The Morgan fingerprint density at radius 2 is 2.06 bits per heavy atom. The first kappa shape index (κ1) is 11.6. The van der Waals surface area contributed by atoms with E-state index in [1.54, 1.807) is 0 Å². The van der Waals surface area contributed by atoms with E-state index in [1.165, 1.54) is 7.11 Å². The molecule has 0 spiro atoms. The van der Waals surface area contributed by atoms with E-state index in [9.17, 15) is 14.0 Å². The van der Waals surface area contributed by atoms with Crippen LogP contribution in [0.3, 0.4) is 0 Å². The summed E-state index contributed by atoms with van der Waals surface area (Å²) >= 11 is 0. The maximum Gasteiger partial charge on any atom is 0.361 e. The van der Waals surface area contributed by atoms with Gasteiger partial charge in [0.05, 0.1) is 20.4 Å². The molecule has 0 aromatic carbocycles. The summed E-state index contributed by atoms with van der Waals surface area (Å²) < 4.78 is 23.6. The van der Waals surface area contributed by atoms with Crippen LogP contribution in [0.2, 0.25) is 0 Å². The van der Waals surface area contributed by atoms with Gasteiger partial charge < -0.3 is 9.47 Å². The summed E-state index contributed by atoms with van der Waals surface area (Å²) in [6.45, 7) is 0. The predicted molar refractivity (Wildman–Crippen MR) is 52.7 cm³/mol. The highest BCUT2D eigenvalue weighted by Gasteiger charge is 2.54. The number of hydrogen-bond acceptors (Lipinski definition) is 5. The summed E-state index contributed by atoms with van der Waals surface area (Å²) in [5, 5.41) is 3.75. The molecule has 0 amide bonds. The largest absolute Gasteiger partial charge is 0.467 e. The molecule has 6 nitrogen and oxygen atoms in total. The summed E-state index contributed by atoms with van der Waals surface area (Å²) in [6, 6.07) is 0. The molecule has 7 heteroatoms. The van der Waals surface area contributed by atoms with Crippen molar-refractivity contribution in [3.8, 4) is 0 Å². The molecule has 0 bridgehead atoms. The molecule has 0 unspecified atom stereocenters. The van der Waals surface area contributed by atoms with E-state index in [0.717, 1.165) is 18.0 Å². The molecule has 1 aromatic rings. The highest BCUT2D eigenvalue weighted by Crippen LogP contribution is 2.44. The summed E-state index contributed by atoms with van der Waals surface area (Å²) in [4.78, 5) is 22.7. The van der Waals surface area contributed by atoms with E-state index in [-0.39, 0.29) is 0 Å². The van der Waals surface area contributed by atoms with E-state index < -0.39 is 29.0 Å². The molecule has 1 saturated carbocycles. The van der Waals surface area contributed by atoms with Crippen molar-refractivity contribution in [2.75, 3.05) is 14.2 Å². The van der Waals surface area contributed by atoms with Crippen LogP contribution in [0.1, 0.15) is 23.3 Å². The maximum absolute atomic E-state index is 13.4. The summed E-state index contributed by atoms with van der Waals surface area (Å²) in [5.41, 5.74) is -1.38. The van der Waals surface area contributed by atoms with E-state index >= 15 is 0 Å². The summed E-state index contributed by atoms with van der Waals surface area (Å²) in [5.74, 6) is -2.18. The van der Waals surface area contributed by atoms with Crippen molar-refractivity contribution >= 4 is 11.9 Å². The van der Waals surface area contributed by atoms with Gasteiger partial charge in [-0.05, 0) is 12.8 Å². The summed E-state index contributed by atoms with van der Waals surface area (Å²) in [6.07, 6.45) is 2.04. The third-order valence-electron chi connectivity index (χ3n) is 2.78. The number of ether oxygens (including phenoxy) is 2. The van der Waals surface area contributed by atoms with Crippen molar-refractivity contribution in [1.29, 1.82) is 0 Å². The minimum absolute atomic E-state index is 0.428. The Kier molecular flexibility index (Phi) is 2.60. The van der Waals surface area contributed by atoms with Crippen LogP contribution < -0.4 is 0 Å². The molecule has 0 atom stereocenters. The molecule has 0 aliphatic heterocycles. The van der Waals surface area contributed by atoms with Crippen LogP contribution in [-0.2, 0) is 19.8 Å². The number of nitrogens with zero attached hydrogens (tertiary/aromatic N) is 2. The first-order valence-corrected chi connectivity index (χ1v) is 4.97. The summed E-state index contributed by atoms with van der Waals surface area (Å²) in [7, 11) is 2.39. The maximum atomic E-state index is 13.4.